The fraction of sp³-hybridized carbons (Fsp3) is 0.533. The highest BCUT2D eigenvalue weighted by Gasteiger charge is 2.20. The molecule has 1 aromatic carbocycles. The monoisotopic (exact) mass is 274 g/mol. The normalized spacial score (nSPS) is 20.4. The number of hydrogen-bond acceptors (Lipinski definition) is 4. The average molecular weight is 274 g/mol. The summed E-state index contributed by atoms with van der Waals surface area (Å²) in [5, 5.41) is 5.38. The second kappa shape index (κ2) is 5.91. The summed E-state index contributed by atoms with van der Waals surface area (Å²) in [6.07, 6.45) is 0.932. The number of amides is 1. The summed E-state index contributed by atoms with van der Waals surface area (Å²) in [6.45, 7) is 5.59. The van der Waals surface area contributed by atoms with Crippen LogP contribution >= 0.6 is 0 Å². The highest BCUT2D eigenvalue weighted by atomic mass is 16.2. The number of piperazine rings is 1. The van der Waals surface area contributed by atoms with E-state index in [0.717, 1.165) is 51.3 Å². The van der Waals surface area contributed by atoms with Crippen LogP contribution in [0.15, 0.2) is 18.2 Å². The van der Waals surface area contributed by atoms with Gasteiger partial charge in [-0.2, -0.15) is 0 Å². The van der Waals surface area contributed by atoms with Crippen molar-refractivity contribution < 1.29 is 4.79 Å². The highest BCUT2D eigenvalue weighted by Crippen LogP contribution is 2.18. The second-order valence-corrected chi connectivity index (χ2v) is 5.60. The molecule has 108 valence electrons. The first kappa shape index (κ1) is 13.5. The number of benzene rings is 1. The molecule has 3 rings (SSSR count). The molecule has 0 radical (unpaired) electrons. The Labute approximate surface area is 119 Å². The number of rotatable bonds is 2. The number of hydrogen-bond donors (Lipinski definition) is 2. The van der Waals surface area contributed by atoms with E-state index in [0.29, 0.717) is 0 Å². The molecule has 2 N–H and O–H groups in total. The van der Waals surface area contributed by atoms with Gasteiger partial charge in [-0.1, -0.05) is 12.1 Å². The first-order chi connectivity index (χ1) is 9.74. The van der Waals surface area contributed by atoms with E-state index in [-0.39, 0.29) is 5.91 Å². The Bertz CT molecular complexity index is 495. The van der Waals surface area contributed by atoms with Crippen LogP contribution < -0.4 is 10.7 Å². The van der Waals surface area contributed by atoms with Gasteiger partial charge in [0.05, 0.1) is 0 Å². The van der Waals surface area contributed by atoms with Gasteiger partial charge >= 0.3 is 0 Å². The SMILES string of the molecule is CN1CCN(NC(=O)c2cccc3c2CCNC3)CC1. The number of nitrogens with zero attached hydrogens (tertiary/aromatic N) is 2. The summed E-state index contributed by atoms with van der Waals surface area (Å²) in [6, 6.07) is 6.02. The maximum atomic E-state index is 12.5. The zero-order chi connectivity index (χ0) is 13.9. The molecular weight excluding hydrogens is 252 g/mol. The van der Waals surface area contributed by atoms with Crippen LogP contribution in [0, 0.1) is 0 Å². The van der Waals surface area contributed by atoms with Gasteiger partial charge in [0.15, 0.2) is 0 Å². The molecule has 0 aromatic heterocycles. The molecule has 2 aliphatic heterocycles. The van der Waals surface area contributed by atoms with Gasteiger partial charge in [0.25, 0.3) is 5.91 Å². The third kappa shape index (κ3) is 2.85. The van der Waals surface area contributed by atoms with E-state index in [2.05, 4.69) is 28.8 Å². The van der Waals surface area contributed by atoms with Crippen LogP contribution in [0.2, 0.25) is 0 Å². The minimum Gasteiger partial charge on any atom is -0.312 e. The molecular formula is C15H22N4O. The van der Waals surface area contributed by atoms with Gasteiger partial charge in [0.2, 0.25) is 0 Å². The molecule has 0 spiro atoms. The molecule has 5 nitrogen and oxygen atoms in total. The Morgan fingerprint density at radius 1 is 1.25 bits per heavy atom. The number of carbonyl (C=O) groups excluding carboxylic acids is 1. The first-order valence-electron chi connectivity index (χ1n) is 7.30. The summed E-state index contributed by atoms with van der Waals surface area (Å²) in [5.74, 6) is 0.0355. The van der Waals surface area contributed by atoms with E-state index in [9.17, 15) is 4.79 Å². The van der Waals surface area contributed by atoms with Gasteiger partial charge in [0, 0.05) is 38.3 Å². The van der Waals surface area contributed by atoms with Crippen LogP contribution in [0.25, 0.3) is 0 Å². The molecule has 2 heterocycles. The molecule has 1 saturated heterocycles. The average Bonchev–Trinajstić information content (AvgIpc) is 2.49. The van der Waals surface area contributed by atoms with E-state index < -0.39 is 0 Å². The predicted molar refractivity (Wildman–Crippen MR) is 78.4 cm³/mol. The maximum absolute atomic E-state index is 12.5. The molecule has 20 heavy (non-hydrogen) atoms. The largest absolute Gasteiger partial charge is 0.312 e. The van der Waals surface area contributed by atoms with E-state index in [1.165, 1.54) is 11.1 Å². The number of hydrazine groups is 1. The first-order valence-corrected chi connectivity index (χ1v) is 7.30. The molecule has 5 heteroatoms. The Balaban J connectivity index is 1.71. The molecule has 2 aliphatic rings. The van der Waals surface area contributed by atoms with Crippen LogP contribution in [0.1, 0.15) is 21.5 Å². The minimum absolute atomic E-state index is 0.0355. The number of fused-ring (bicyclic) bond motifs is 1. The van der Waals surface area contributed by atoms with Gasteiger partial charge in [0.1, 0.15) is 0 Å². The lowest BCUT2D eigenvalue weighted by molar-refractivity contribution is 0.0661. The third-order valence-electron chi connectivity index (χ3n) is 4.15. The molecule has 0 saturated carbocycles. The number of likely N-dealkylation sites (N-methyl/N-ethyl adjacent to an activating group) is 1. The number of carbonyl (C=O) groups is 1. The van der Waals surface area contributed by atoms with Crippen molar-refractivity contribution in [3.63, 3.8) is 0 Å². The second-order valence-electron chi connectivity index (χ2n) is 5.60. The maximum Gasteiger partial charge on any atom is 0.265 e. The minimum atomic E-state index is 0.0355. The summed E-state index contributed by atoms with van der Waals surface area (Å²) in [5.41, 5.74) is 6.35. The van der Waals surface area contributed by atoms with E-state index in [1.807, 2.05) is 17.1 Å². The standard InChI is InChI=1S/C15H22N4O/c1-18-7-9-19(10-8-18)17-15(20)14-4-2-3-12-11-16-6-5-13(12)14/h2-4,16H,5-11H2,1H3,(H,17,20). The molecule has 0 atom stereocenters. The molecule has 0 aliphatic carbocycles. The van der Waals surface area contributed by atoms with Gasteiger partial charge in [-0.05, 0) is 37.2 Å². The molecule has 1 fully saturated rings. The third-order valence-corrected chi connectivity index (χ3v) is 4.15. The van der Waals surface area contributed by atoms with Crippen molar-refractivity contribution in [1.82, 2.24) is 20.7 Å². The quantitative estimate of drug-likeness (QED) is 0.810. The summed E-state index contributed by atoms with van der Waals surface area (Å²) in [7, 11) is 2.11. The van der Waals surface area contributed by atoms with E-state index in [1.54, 1.807) is 0 Å². The molecule has 0 bridgehead atoms. The fourth-order valence-corrected chi connectivity index (χ4v) is 2.87. The summed E-state index contributed by atoms with van der Waals surface area (Å²) < 4.78 is 0. The summed E-state index contributed by atoms with van der Waals surface area (Å²) in [4.78, 5) is 14.8. The Kier molecular flexibility index (Phi) is 4.00. The smallest absolute Gasteiger partial charge is 0.265 e. The van der Waals surface area contributed by atoms with Crippen LogP contribution in [0.3, 0.4) is 0 Å². The number of nitrogens with one attached hydrogen (secondary N) is 2. The molecule has 1 amide bonds. The Morgan fingerprint density at radius 2 is 2.05 bits per heavy atom. The lowest BCUT2D eigenvalue weighted by Crippen LogP contribution is -2.52. The zero-order valence-electron chi connectivity index (χ0n) is 12.0. The van der Waals surface area contributed by atoms with Crippen LogP contribution in [-0.2, 0) is 13.0 Å². The van der Waals surface area contributed by atoms with Crippen molar-refractivity contribution in [3.8, 4) is 0 Å². The highest BCUT2D eigenvalue weighted by molar-refractivity contribution is 5.95. The van der Waals surface area contributed by atoms with Crippen molar-refractivity contribution in [2.75, 3.05) is 39.8 Å². The van der Waals surface area contributed by atoms with Gasteiger partial charge in [-0.25, -0.2) is 5.01 Å². The van der Waals surface area contributed by atoms with Crippen LogP contribution in [-0.4, -0.2) is 55.6 Å². The Morgan fingerprint density at radius 3 is 2.85 bits per heavy atom. The zero-order valence-corrected chi connectivity index (χ0v) is 12.0. The van der Waals surface area contributed by atoms with Crippen LogP contribution in [0.5, 0.6) is 0 Å². The van der Waals surface area contributed by atoms with Crippen molar-refractivity contribution in [3.05, 3.63) is 34.9 Å². The lowest BCUT2D eigenvalue weighted by Gasteiger charge is -2.32. The lowest BCUT2D eigenvalue weighted by atomic mass is 9.95. The van der Waals surface area contributed by atoms with Gasteiger partial charge in [-0.15, -0.1) is 0 Å². The molecule has 1 aromatic rings. The van der Waals surface area contributed by atoms with Crippen LogP contribution in [0.4, 0.5) is 0 Å². The summed E-state index contributed by atoms with van der Waals surface area (Å²) >= 11 is 0. The van der Waals surface area contributed by atoms with E-state index >= 15 is 0 Å². The van der Waals surface area contributed by atoms with Crippen molar-refractivity contribution >= 4 is 5.91 Å². The molecule has 0 unspecified atom stereocenters. The van der Waals surface area contributed by atoms with Crippen molar-refractivity contribution in [2.24, 2.45) is 0 Å². The van der Waals surface area contributed by atoms with E-state index in [4.69, 9.17) is 0 Å². The van der Waals surface area contributed by atoms with Gasteiger partial charge < -0.3 is 10.2 Å². The topological polar surface area (TPSA) is 47.6 Å². The van der Waals surface area contributed by atoms with Crippen molar-refractivity contribution in [2.45, 2.75) is 13.0 Å². The Hall–Kier alpha value is -1.43. The predicted octanol–water partition coefficient (Wildman–Crippen LogP) is 0.225. The van der Waals surface area contributed by atoms with Crippen molar-refractivity contribution in [1.29, 1.82) is 0 Å². The van der Waals surface area contributed by atoms with Gasteiger partial charge in [-0.3, -0.25) is 10.2 Å². The fourth-order valence-electron chi connectivity index (χ4n) is 2.87.